The molecule has 0 fully saturated rings. The van der Waals surface area contributed by atoms with Gasteiger partial charge in [-0.15, -0.1) is 0 Å². The zero-order valence-corrected chi connectivity index (χ0v) is 11.5. The van der Waals surface area contributed by atoms with Crippen LogP contribution in [-0.2, 0) is 5.41 Å². The van der Waals surface area contributed by atoms with E-state index in [0.717, 1.165) is 5.56 Å². The molecule has 0 spiro atoms. The van der Waals surface area contributed by atoms with E-state index >= 15 is 0 Å². The van der Waals surface area contributed by atoms with Gasteiger partial charge in [-0.3, -0.25) is 10.1 Å². The summed E-state index contributed by atoms with van der Waals surface area (Å²) >= 11 is 0. The van der Waals surface area contributed by atoms with Crippen molar-refractivity contribution in [2.75, 3.05) is 5.73 Å². The highest BCUT2D eigenvalue weighted by molar-refractivity contribution is 5.66. The average molecular weight is 252 g/mol. The lowest BCUT2D eigenvalue weighted by Crippen LogP contribution is -2.14. The highest BCUT2D eigenvalue weighted by Crippen LogP contribution is 2.38. The predicted molar refractivity (Wildman–Crippen MR) is 72.0 cm³/mol. The molecule has 5 nitrogen and oxygen atoms in total. The Hall–Kier alpha value is -1.78. The Morgan fingerprint density at radius 3 is 2.28 bits per heavy atom. The second-order valence-electron chi connectivity index (χ2n) is 5.59. The van der Waals surface area contributed by atoms with Gasteiger partial charge in [0.1, 0.15) is 0 Å². The van der Waals surface area contributed by atoms with E-state index in [0.29, 0.717) is 5.69 Å². The minimum atomic E-state index is -0.455. The van der Waals surface area contributed by atoms with Crippen molar-refractivity contribution in [3.05, 3.63) is 27.8 Å². The maximum absolute atomic E-state index is 11.1. The molecule has 2 N–H and O–H groups in total. The van der Waals surface area contributed by atoms with Crippen LogP contribution in [0, 0.1) is 10.1 Å². The fourth-order valence-electron chi connectivity index (χ4n) is 1.57. The van der Waals surface area contributed by atoms with Crippen molar-refractivity contribution in [2.24, 2.45) is 0 Å². The Bertz CT molecular complexity index is 462. The number of hydrogen-bond acceptors (Lipinski definition) is 4. The monoisotopic (exact) mass is 252 g/mol. The number of benzene rings is 1. The van der Waals surface area contributed by atoms with E-state index in [2.05, 4.69) is 0 Å². The second-order valence-corrected chi connectivity index (χ2v) is 5.59. The molecule has 0 atom stereocenters. The minimum absolute atomic E-state index is 0.0753. The highest BCUT2D eigenvalue weighted by Gasteiger charge is 2.25. The molecule has 100 valence electrons. The van der Waals surface area contributed by atoms with Gasteiger partial charge in [0.15, 0.2) is 0 Å². The largest absolute Gasteiger partial charge is 0.483 e. The van der Waals surface area contributed by atoms with Crippen LogP contribution < -0.4 is 10.5 Å². The molecule has 0 aliphatic rings. The van der Waals surface area contributed by atoms with Crippen LogP contribution in [-0.4, -0.2) is 11.0 Å². The fourth-order valence-corrected chi connectivity index (χ4v) is 1.57. The Balaban J connectivity index is 3.41. The molecule has 0 radical (unpaired) electrons. The number of ether oxygens (including phenoxy) is 1. The number of nitrogens with two attached hydrogens (primary N) is 1. The van der Waals surface area contributed by atoms with Crippen molar-refractivity contribution in [2.45, 2.75) is 46.1 Å². The first-order chi connectivity index (χ1) is 8.12. The van der Waals surface area contributed by atoms with E-state index in [1.165, 1.54) is 6.07 Å². The van der Waals surface area contributed by atoms with Gasteiger partial charge in [-0.2, -0.15) is 0 Å². The molecular weight excluding hydrogens is 232 g/mol. The van der Waals surface area contributed by atoms with Crippen LogP contribution in [0.1, 0.15) is 40.2 Å². The molecule has 5 heteroatoms. The summed E-state index contributed by atoms with van der Waals surface area (Å²) in [5.41, 5.74) is 6.73. The fraction of sp³-hybridized carbons (Fsp3) is 0.538. The van der Waals surface area contributed by atoms with Gasteiger partial charge in [0.25, 0.3) is 0 Å². The molecule has 0 saturated carbocycles. The van der Waals surface area contributed by atoms with E-state index in [9.17, 15) is 10.1 Å². The Morgan fingerprint density at radius 1 is 1.33 bits per heavy atom. The third-order valence-electron chi connectivity index (χ3n) is 2.51. The molecule has 0 heterocycles. The molecule has 0 bridgehead atoms. The molecule has 0 amide bonds. The lowest BCUT2D eigenvalue weighted by atomic mass is 9.86. The lowest BCUT2D eigenvalue weighted by Gasteiger charge is -2.21. The SMILES string of the molecule is CC(C)Oc1c(N)cc(C(C)(C)C)cc1[N+](=O)[O-]. The number of hydrogen-bond donors (Lipinski definition) is 1. The summed E-state index contributed by atoms with van der Waals surface area (Å²) in [5.74, 6) is 0.156. The number of nitrogen functional groups attached to an aromatic ring is 1. The third kappa shape index (κ3) is 3.12. The van der Waals surface area contributed by atoms with Crippen LogP contribution >= 0.6 is 0 Å². The smallest absolute Gasteiger partial charge is 0.313 e. The molecule has 0 aromatic heterocycles. The molecule has 18 heavy (non-hydrogen) atoms. The van der Waals surface area contributed by atoms with Gasteiger partial charge in [-0.1, -0.05) is 20.8 Å². The molecule has 0 saturated heterocycles. The summed E-state index contributed by atoms with van der Waals surface area (Å²) in [6, 6.07) is 3.28. The Morgan fingerprint density at radius 2 is 1.89 bits per heavy atom. The zero-order chi connectivity index (χ0) is 14.1. The summed E-state index contributed by atoms with van der Waals surface area (Å²) in [5, 5.41) is 11.1. The molecule has 1 aromatic rings. The summed E-state index contributed by atoms with van der Waals surface area (Å²) in [6.45, 7) is 9.55. The predicted octanol–water partition coefficient (Wildman–Crippen LogP) is 3.26. The maximum Gasteiger partial charge on any atom is 0.313 e. The van der Waals surface area contributed by atoms with Crippen LogP contribution in [0.15, 0.2) is 12.1 Å². The quantitative estimate of drug-likeness (QED) is 0.508. The number of nitro benzene ring substituents is 1. The van der Waals surface area contributed by atoms with Gasteiger partial charge in [-0.05, 0) is 30.9 Å². The number of rotatable bonds is 3. The first-order valence-corrected chi connectivity index (χ1v) is 5.88. The molecule has 0 aliphatic carbocycles. The van der Waals surface area contributed by atoms with Gasteiger partial charge in [0, 0.05) is 6.07 Å². The first-order valence-electron chi connectivity index (χ1n) is 5.88. The molecular formula is C13H20N2O3. The standard InChI is InChI=1S/C13H20N2O3/c1-8(2)18-12-10(14)6-9(13(3,4)5)7-11(12)15(16)17/h6-8H,14H2,1-5H3. The summed E-state index contributed by atoms with van der Waals surface area (Å²) < 4.78 is 5.44. The Labute approximate surface area is 107 Å². The number of nitro groups is 1. The van der Waals surface area contributed by atoms with E-state index in [1.54, 1.807) is 19.9 Å². The summed E-state index contributed by atoms with van der Waals surface area (Å²) in [6.07, 6.45) is -0.161. The van der Waals surface area contributed by atoms with Crippen LogP contribution in [0.5, 0.6) is 5.75 Å². The van der Waals surface area contributed by atoms with Crippen molar-refractivity contribution >= 4 is 11.4 Å². The average Bonchev–Trinajstić information content (AvgIpc) is 2.17. The van der Waals surface area contributed by atoms with Crippen LogP contribution in [0.3, 0.4) is 0 Å². The Kier molecular flexibility index (Phi) is 3.84. The van der Waals surface area contributed by atoms with E-state index in [1.807, 2.05) is 20.8 Å². The van der Waals surface area contributed by atoms with Crippen molar-refractivity contribution in [3.8, 4) is 5.75 Å². The summed E-state index contributed by atoms with van der Waals surface area (Å²) in [7, 11) is 0. The highest BCUT2D eigenvalue weighted by atomic mass is 16.6. The zero-order valence-electron chi connectivity index (χ0n) is 11.5. The first kappa shape index (κ1) is 14.3. The molecule has 1 rings (SSSR count). The van der Waals surface area contributed by atoms with Crippen molar-refractivity contribution in [1.82, 2.24) is 0 Å². The summed E-state index contributed by atoms with van der Waals surface area (Å²) in [4.78, 5) is 10.6. The lowest BCUT2D eigenvalue weighted by molar-refractivity contribution is -0.386. The van der Waals surface area contributed by atoms with Gasteiger partial charge >= 0.3 is 5.69 Å². The molecule has 1 aromatic carbocycles. The molecule has 0 unspecified atom stereocenters. The second kappa shape index (κ2) is 4.84. The minimum Gasteiger partial charge on any atom is -0.483 e. The number of nitrogens with zero attached hydrogens (tertiary/aromatic N) is 1. The van der Waals surface area contributed by atoms with E-state index in [-0.39, 0.29) is 23.0 Å². The van der Waals surface area contributed by atoms with Crippen molar-refractivity contribution in [3.63, 3.8) is 0 Å². The maximum atomic E-state index is 11.1. The van der Waals surface area contributed by atoms with Gasteiger partial charge in [0.2, 0.25) is 5.75 Å². The van der Waals surface area contributed by atoms with Gasteiger partial charge in [0.05, 0.1) is 16.7 Å². The topological polar surface area (TPSA) is 78.4 Å². The van der Waals surface area contributed by atoms with Crippen LogP contribution in [0.4, 0.5) is 11.4 Å². The van der Waals surface area contributed by atoms with E-state index < -0.39 is 4.92 Å². The van der Waals surface area contributed by atoms with E-state index in [4.69, 9.17) is 10.5 Å². The van der Waals surface area contributed by atoms with Crippen LogP contribution in [0.2, 0.25) is 0 Å². The third-order valence-corrected chi connectivity index (χ3v) is 2.51. The van der Waals surface area contributed by atoms with Crippen LogP contribution in [0.25, 0.3) is 0 Å². The normalized spacial score (nSPS) is 11.7. The van der Waals surface area contributed by atoms with Gasteiger partial charge in [-0.25, -0.2) is 0 Å². The van der Waals surface area contributed by atoms with Crippen molar-refractivity contribution in [1.29, 1.82) is 0 Å². The van der Waals surface area contributed by atoms with Crippen molar-refractivity contribution < 1.29 is 9.66 Å². The number of anilines is 1. The van der Waals surface area contributed by atoms with Gasteiger partial charge < -0.3 is 10.5 Å². The molecule has 0 aliphatic heterocycles.